The summed E-state index contributed by atoms with van der Waals surface area (Å²) in [4.78, 5) is 12.3. The Balaban J connectivity index is 1.66. The maximum absolute atomic E-state index is 4.53. The fourth-order valence-electron chi connectivity index (χ4n) is 2.10. The number of pyridine rings is 1. The third-order valence-electron chi connectivity index (χ3n) is 3.31. The molecule has 0 radical (unpaired) electrons. The number of rotatable bonds is 5. The van der Waals surface area contributed by atoms with Crippen molar-refractivity contribution in [2.45, 2.75) is 6.42 Å². The maximum Gasteiger partial charge on any atom is 0.185 e. The first-order chi connectivity index (χ1) is 10.3. The summed E-state index contributed by atoms with van der Waals surface area (Å²) in [6.07, 6.45) is 4.72. The van der Waals surface area contributed by atoms with E-state index in [9.17, 15) is 0 Å². The van der Waals surface area contributed by atoms with Crippen LogP contribution in [0.5, 0.6) is 0 Å². The van der Waals surface area contributed by atoms with Crippen LogP contribution in [-0.2, 0) is 6.42 Å². The van der Waals surface area contributed by atoms with Gasteiger partial charge in [0.2, 0.25) is 0 Å². The lowest BCUT2D eigenvalue weighted by atomic mass is 10.2. The first kappa shape index (κ1) is 13.8. The molecule has 0 aliphatic carbocycles. The summed E-state index contributed by atoms with van der Waals surface area (Å²) in [6, 6.07) is 16.4. The molecule has 2 heterocycles. The predicted octanol–water partition coefficient (Wildman–Crippen LogP) is 3.88. The Kier molecular flexibility index (Phi) is 4.26. The second-order valence-corrected chi connectivity index (χ2v) is 5.87. The fraction of sp³-hybridized carbons (Fsp3) is 0.176. The molecule has 1 aromatic carbocycles. The highest BCUT2D eigenvalue weighted by Gasteiger charge is 2.08. The van der Waals surface area contributed by atoms with Gasteiger partial charge in [-0.3, -0.25) is 4.98 Å². The van der Waals surface area contributed by atoms with Gasteiger partial charge in [-0.25, -0.2) is 4.98 Å². The van der Waals surface area contributed by atoms with Crippen LogP contribution in [0.2, 0.25) is 0 Å². The second kappa shape index (κ2) is 6.50. The molecule has 106 valence electrons. The highest BCUT2D eigenvalue weighted by atomic mass is 32.1. The van der Waals surface area contributed by atoms with Crippen molar-refractivity contribution < 1.29 is 0 Å². The number of aromatic nitrogens is 2. The van der Waals surface area contributed by atoms with E-state index in [1.165, 1.54) is 10.4 Å². The molecule has 0 fully saturated rings. The molecule has 0 N–H and O–H groups in total. The zero-order valence-electron chi connectivity index (χ0n) is 11.9. The van der Waals surface area contributed by atoms with Gasteiger partial charge >= 0.3 is 0 Å². The monoisotopic (exact) mass is 295 g/mol. The number of anilines is 1. The van der Waals surface area contributed by atoms with Gasteiger partial charge in [0, 0.05) is 38.1 Å². The van der Waals surface area contributed by atoms with Gasteiger partial charge in [-0.2, -0.15) is 0 Å². The molecule has 0 aliphatic heterocycles. The van der Waals surface area contributed by atoms with E-state index in [4.69, 9.17) is 0 Å². The van der Waals surface area contributed by atoms with Crippen LogP contribution in [0.15, 0.2) is 60.9 Å². The molecule has 3 aromatic rings. The van der Waals surface area contributed by atoms with Crippen LogP contribution in [0.1, 0.15) is 5.69 Å². The topological polar surface area (TPSA) is 29.0 Å². The second-order valence-electron chi connectivity index (χ2n) is 4.87. The molecule has 3 rings (SSSR count). The SMILES string of the molecule is CN(CCc1ccccn1)c1ncc(-c2ccccc2)s1. The Morgan fingerprint density at radius 1 is 1.00 bits per heavy atom. The van der Waals surface area contributed by atoms with Crippen LogP contribution < -0.4 is 4.90 Å². The van der Waals surface area contributed by atoms with Gasteiger partial charge < -0.3 is 4.90 Å². The Hall–Kier alpha value is -2.20. The van der Waals surface area contributed by atoms with Crippen LogP contribution in [0.4, 0.5) is 5.13 Å². The van der Waals surface area contributed by atoms with E-state index in [2.05, 4.69) is 52.2 Å². The normalized spacial score (nSPS) is 10.5. The summed E-state index contributed by atoms with van der Waals surface area (Å²) in [5.41, 5.74) is 2.34. The van der Waals surface area contributed by atoms with Gasteiger partial charge in [-0.05, 0) is 17.7 Å². The molecule has 2 aromatic heterocycles. The molecule has 0 saturated heterocycles. The van der Waals surface area contributed by atoms with E-state index in [0.717, 1.165) is 23.8 Å². The van der Waals surface area contributed by atoms with Gasteiger partial charge in [-0.15, -0.1) is 0 Å². The average Bonchev–Trinajstić information content (AvgIpc) is 3.04. The van der Waals surface area contributed by atoms with Crippen molar-refractivity contribution in [3.05, 3.63) is 66.6 Å². The molecule has 0 bridgehead atoms. The largest absolute Gasteiger partial charge is 0.351 e. The van der Waals surface area contributed by atoms with Gasteiger partial charge in [0.15, 0.2) is 5.13 Å². The van der Waals surface area contributed by atoms with Crippen LogP contribution in [0, 0.1) is 0 Å². The number of hydrogen-bond acceptors (Lipinski definition) is 4. The summed E-state index contributed by atoms with van der Waals surface area (Å²) < 4.78 is 0. The van der Waals surface area contributed by atoms with E-state index >= 15 is 0 Å². The quantitative estimate of drug-likeness (QED) is 0.715. The summed E-state index contributed by atoms with van der Waals surface area (Å²) >= 11 is 1.72. The number of nitrogens with zero attached hydrogens (tertiary/aromatic N) is 3. The van der Waals surface area contributed by atoms with Crippen LogP contribution in [-0.4, -0.2) is 23.6 Å². The molecule has 0 amide bonds. The minimum Gasteiger partial charge on any atom is -0.351 e. The molecule has 0 atom stereocenters. The maximum atomic E-state index is 4.53. The lowest BCUT2D eigenvalue weighted by molar-refractivity contribution is 0.848. The minimum atomic E-state index is 0.915. The summed E-state index contributed by atoms with van der Waals surface area (Å²) in [6.45, 7) is 0.915. The molecule has 4 heteroatoms. The van der Waals surface area contributed by atoms with Gasteiger partial charge in [0.25, 0.3) is 0 Å². The zero-order valence-corrected chi connectivity index (χ0v) is 12.8. The molecule has 0 saturated carbocycles. The van der Waals surface area contributed by atoms with E-state index in [-0.39, 0.29) is 0 Å². The average molecular weight is 295 g/mol. The Morgan fingerprint density at radius 2 is 1.81 bits per heavy atom. The first-order valence-corrected chi connectivity index (χ1v) is 7.77. The number of thiazole rings is 1. The van der Waals surface area contributed by atoms with Crippen LogP contribution in [0.25, 0.3) is 10.4 Å². The van der Waals surface area contributed by atoms with Gasteiger partial charge in [0.1, 0.15) is 0 Å². The molecule has 21 heavy (non-hydrogen) atoms. The molecular weight excluding hydrogens is 278 g/mol. The molecule has 0 aliphatic rings. The predicted molar refractivity (Wildman–Crippen MR) is 88.8 cm³/mol. The number of hydrogen-bond donors (Lipinski definition) is 0. The Labute approximate surface area is 128 Å². The van der Waals surface area contributed by atoms with E-state index in [1.807, 2.05) is 30.6 Å². The number of benzene rings is 1. The van der Waals surface area contributed by atoms with Crippen LogP contribution >= 0.6 is 11.3 Å². The Bertz CT molecular complexity index is 680. The first-order valence-electron chi connectivity index (χ1n) is 6.95. The molecule has 0 unspecified atom stereocenters. The highest BCUT2D eigenvalue weighted by molar-refractivity contribution is 7.18. The van der Waals surface area contributed by atoms with Gasteiger partial charge in [-0.1, -0.05) is 47.7 Å². The van der Waals surface area contributed by atoms with Crippen molar-refractivity contribution in [2.24, 2.45) is 0 Å². The summed E-state index contributed by atoms with van der Waals surface area (Å²) in [5.74, 6) is 0. The van der Waals surface area contributed by atoms with E-state index < -0.39 is 0 Å². The molecular formula is C17H17N3S. The van der Waals surface area contributed by atoms with Gasteiger partial charge in [0.05, 0.1) is 4.88 Å². The minimum absolute atomic E-state index is 0.915. The van der Waals surface area contributed by atoms with Crippen molar-refractivity contribution in [3.8, 4) is 10.4 Å². The zero-order chi connectivity index (χ0) is 14.5. The summed E-state index contributed by atoms with van der Waals surface area (Å²) in [5, 5.41) is 1.05. The smallest absolute Gasteiger partial charge is 0.185 e. The fourth-order valence-corrected chi connectivity index (χ4v) is 3.01. The van der Waals surface area contributed by atoms with Crippen LogP contribution in [0.3, 0.4) is 0 Å². The summed E-state index contributed by atoms with van der Waals surface area (Å²) in [7, 11) is 2.08. The third kappa shape index (κ3) is 3.47. The molecule has 0 spiro atoms. The van der Waals surface area contributed by atoms with Crippen molar-refractivity contribution in [1.29, 1.82) is 0 Å². The Morgan fingerprint density at radius 3 is 2.57 bits per heavy atom. The van der Waals surface area contributed by atoms with Crippen molar-refractivity contribution in [2.75, 3.05) is 18.5 Å². The van der Waals surface area contributed by atoms with E-state index in [1.54, 1.807) is 11.3 Å². The highest BCUT2D eigenvalue weighted by Crippen LogP contribution is 2.30. The van der Waals surface area contributed by atoms with Crippen molar-refractivity contribution >= 4 is 16.5 Å². The third-order valence-corrected chi connectivity index (χ3v) is 4.47. The standard InChI is InChI=1S/C17H17N3S/c1-20(12-10-15-9-5-6-11-18-15)17-19-13-16(21-17)14-7-3-2-4-8-14/h2-9,11,13H,10,12H2,1H3. The van der Waals surface area contributed by atoms with Crippen molar-refractivity contribution in [3.63, 3.8) is 0 Å². The van der Waals surface area contributed by atoms with E-state index in [0.29, 0.717) is 0 Å². The lowest BCUT2D eigenvalue weighted by Gasteiger charge is -2.14. The molecule has 3 nitrogen and oxygen atoms in total. The van der Waals surface area contributed by atoms with Crippen molar-refractivity contribution in [1.82, 2.24) is 9.97 Å². The lowest BCUT2D eigenvalue weighted by Crippen LogP contribution is -2.20. The number of likely N-dealkylation sites (N-methyl/N-ethyl adjacent to an activating group) is 1.